The van der Waals surface area contributed by atoms with Gasteiger partial charge in [-0.05, 0) is 32.0 Å². The maximum atomic E-state index is 5.21. The number of nitrogens with zero attached hydrogens (tertiary/aromatic N) is 3. The minimum atomic E-state index is 0.594. The van der Waals surface area contributed by atoms with E-state index in [1.165, 1.54) is 0 Å². The highest BCUT2D eigenvalue weighted by Crippen LogP contribution is 2.35. The van der Waals surface area contributed by atoms with Crippen LogP contribution in [0, 0.1) is 13.8 Å². The number of hydrogen-bond acceptors (Lipinski definition) is 4. The summed E-state index contributed by atoms with van der Waals surface area (Å²) >= 11 is 0. The van der Waals surface area contributed by atoms with E-state index >= 15 is 0 Å². The van der Waals surface area contributed by atoms with Gasteiger partial charge in [-0.15, -0.1) is 0 Å². The van der Waals surface area contributed by atoms with Gasteiger partial charge in [0.1, 0.15) is 5.65 Å². The Kier molecular flexibility index (Phi) is 3.01. The van der Waals surface area contributed by atoms with Crippen molar-refractivity contribution in [3.05, 3.63) is 48.0 Å². The summed E-state index contributed by atoms with van der Waals surface area (Å²) in [5.41, 5.74) is 4.87. The summed E-state index contributed by atoms with van der Waals surface area (Å²) in [6.45, 7) is 4.05. The van der Waals surface area contributed by atoms with Crippen molar-refractivity contribution in [1.29, 1.82) is 0 Å². The molecule has 0 amide bonds. The van der Waals surface area contributed by atoms with E-state index in [-0.39, 0.29) is 0 Å². The summed E-state index contributed by atoms with van der Waals surface area (Å²) < 4.78 is 5.21. The monoisotopic (exact) mass is 304 g/mol. The van der Waals surface area contributed by atoms with Crippen LogP contribution in [0.1, 0.15) is 11.4 Å². The van der Waals surface area contributed by atoms with Gasteiger partial charge in [0.05, 0.1) is 12.8 Å². The molecule has 1 N–H and O–H groups in total. The summed E-state index contributed by atoms with van der Waals surface area (Å²) in [6, 6.07) is 7.91. The molecule has 0 spiro atoms. The van der Waals surface area contributed by atoms with E-state index in [9.17, 15) is 0 Å². The smallest absolute Gasteiger partial charge is 0.214 e. The van der Waals surface area contributed by atoms with Crippen LogP contribution in [0.2, 0.25) is 0 Å². The second kappa shape index (κ2) is 5.05. The van der Waals surface area contributed by atoms with Crippen LogP contribution in [0.25, 0.3) is 33.1 Å². The molecule has 4 rings (SSSR count). The van der Waals surface area contributed by atoms with Gasteiger partial charge in [-0.25, -0.2) is 0 Å². The highest BCUT2D eigenvalue weighted by Gasteiger charge is 2.16. The van der Waals surface area contributed by atoms with Crippen LogP contribution >= 0.6 is 0 Å². The van der Waals surface area contributed by atoms with Crippen LogP contribution < -0.4 is 4.74 Å². The molecule has 114 valence electrons. The van der Waals surface area contributed by atoms with Crippen LogP contribution in [0.5, 0.6) is 5.88 Å². The predicted molar refractivity (Wildman–Crippen MR) is 90.7 cm³/mol. The zero-order valence-corrected chi connectivity index (χ0v) is 13.2. The number of pyridine rings is 3. The Morgan fingerprint density at radius 2 is 1.70 bits per heavy atom. The average Bonchev–Trinajstić information content (AvgIpc) is 2.89. The third kappa shape index (κ3) is 2.04. The van der Waals surface area contributed by atoms with Crippen molar-refractivity contribution in [2.45, 2.75) is 13.8 Å². The molecule has 0 unspecified atom stereocenters. The quantitative estimate of drug-likeness (QED) is 0.612. The Hall–Kier alpha value is -2.95. The number of rotatable bonds is 2. The molecular weight excluding hydrogens is 288 g/mol. The number of aromatic amines is 1. The van der Waals surface area contributed by atoms with E-state index in [1.807, 2.05) is 50.5 Å². The second-order valence-electron chi connectivity index (χ2n) is 5.53. The number of nitrogens with one attached hydrogen (secondary N) is 1. The molecule has 0 aliphatic rings. The molecule has 5 heteroatoms. The van der Waals surface area contributed by atoms with Gasteiger partial charge in [-0.3, -0.25) is 9.97 Å². The zero-order chi connectivity index (χ0) is 16.0. The first-order valence-electron chi connectivity index (χ1n) is 7.43. The van der Waals surface area contributed by atoms with Crippen molar-refractivity contribution in [2.24, 2.45) is 0 Å². The number of ether oxygens (including phenoxy) is 1. The Morgan fingerprint density at radius 3 is 2.52 bits per heavy atom. The molecule has 0 aliphatic heterocycles. The van der Waals surface area contributed by atoms with Gasteiger partial charge < -0.3 is 9.72 Å². The van der Waals surface area contributed by atoms with Crippen molar-refractivity contribution >= 4 is 21.8 Å². The fourth-order valence-corrected chi connectivity index (χ4v) is 3.05. The lowest BCUT2D eigenvalue weighted by atomic mass is 10.0. The SMILES string of the molecule is COc1ccc2c(-c3nccc4c(C)nccc34)c(C)[nH]c2n1. The molecular formula is C18H16N4O. The van der Waals surface area contributed by atoms with Gasteiger partial charge >= 0.3 is 0 Å². The summed E-state index contributed by atoms with van der Waals surface area (Å²) in [5.74, 6) is 0.594. The highest BCUT2D eigenvalue weighted by molar-refractivity contribution is 6.04. The van der Waals surface area contributed by atoms with Crippen LogP contribution in [0.4, 0.5) is 0 Å². The van der Waals surface area contributed by atoms with Crippen LogP contribution in [-0.4, -0.2) is 27.0 Å². The molecule has 0 bridgehead atoms. The van der Waals surface area contributed by atoms with Crippen LogP contribution in [0.3, 0.4) is 0 Å². The number of aromatic nitrogens is 4. The zero-order valence-electron chi connectivity index (χ0n) is 13.2. The number of hydrogen-bond donors (Lipinski definition) is 1. The summed E-state index contributed by atoms with van der Waals surface area (Å²) in [7, 11) is 1.62. The lowest BCUT2D eigenvalue weighted by Gasteiger charge is -2.07. The van der Waals surface area contributed by atoms with Crippen molar-refractivity contribution in [1.82, 2.24) is 19.9 Å². The van der Waals surface area contributed by atoms with Gasteiger partial charge in [0.25, 0.3) is 0 Å². The first kappa shape index (κ1) is 13.7. The normalized spacial score (nSPS) is 11.3. The van der Waals surface area contributed by atoms with Gasteiger partial charge in [-0.1, -0.05) is 0 Å². The van der Waals surface area contributed by atoms with Crippen LogP contribution in [-0.2, 0) is 0 Å². The Morgan fingerprint density at radius 1 is 0.913 bits per heavy atom. The first-order valence-corrected chi connectivity index (χ1v) is 7.43. The molecule has 4 aromatic heterocycles. The minimum Gasteiger partial charge on any atom is -0.481 e. The highest BCUT2D eigenvalue weighted by atomic mass is 16.5. The largest absolute Gasteiger partial charge is 0.481 e. The van der Waals surface area contributed by atoms with Crippen LogP contribution in [0.15, 0.2) is 36.7 Å². The van der Waals surface area contributed by atoms with Crippen molar-refractivity contribution in [2.75, 3.05) is 7.11 Å². The van der Waals surface area contributed by atoms with Crippen molar-refractivity contribution in [3.63, 3.8) is 0 Å². The lowest BCUT2D eigenvalue weighted by molar-refractivity contribution is 0.399. The second-order valence-corrected chi connectivity index (χ2v) is 5.53. The Balaban J connectivity index is 2.07. The van der Waals surface area contributed by atoms with Gasteiger partial charge in [-0.2, -0.15) is 4.98 Å². The molecule has 0 saturated heterocycles. The van der Waals surface area contributed by atoms with E-state index in [0.717, 1.165) is 44.5 Å². The Bertz CT molecular complexity index is 1040. The van der Waals surface area contributed by atoms with E-state index in [4.69, 9.17) is 4.74 Å². The standard InChI is InChI=1S/C18H16N4O/c1-10-12-6-9-20-17(13(12)7-8-19-10)16-11(2)21-18-14(16)4-5-15(22-18)23-3/h4-9H,1-3H3,(H,21,22). The van der Waals surface area contributed by atoms with E-state index in [1.54, 1.807) is 7.11 Å². The van der Waals surface area contributed by atoms with E-state index < -0.39 is 0 Å². The van der Waals surface area contributed by atoms with Gasteiger partial charge in [0.2, 0.25) is 5.88 Å². The molecule has 4 heterocycles. The predicted octanol–water partition coefficient (Wildman–Crippen LogP) is 3.80. The maximum absolute atomic E-state index is 5.21. The molecule has 0 radical (unpaired) electrons. The van der Waals surface area contributed by atoms with E-state index in [0.29, 0.717) is 5.88 Å². The van der Waals surface area contributed by atoms with Gasteiger partial charge in [0, 0.05) is 51.6 Å². The number of H-pyrrole nitrogens is 1. The number of methoxy groups -OCH3 is 1. The molecule has 0 aliphatic carbocycles. The van der Waals surface area contributed by atoms with E-state index in [2.05, 4.69) is 19.9 Å². The topological polar surface area (TPSA) is 63.7 Å². The summed E-state index contributed by atoms with van der Waals surface area (Å²) in [4.78, 5) is 16.8. The summed E-state index contributed by atoms with van der Waals surface area (Å²) in [6.07, 6.45) is 3.66. The maximum Gasteiger partial charge on any atom is 0.214 e. The molecule has 0 fully saturated rings. The fraction of sp³-hybridized carbons (Fsp3) is 0.167. The summed E-state index contributed by atoms with van der Waals surface area (Å²) in [5, 5.41) is 3.25. The first-order chi connectivity index (χ1) is 11.2. The van der Waals surface area contributed by atoms with Gasteiger partial charge in [0.15, 0.2) is 0 Å². The number of aryl methyl sites for hydroxylation is 2. The molecule has 0 aromatic carbocycles. The molecule has 5 nitrogen and oxygen atoms in total. The minimum absolute atomic E-state index is 0.594. The van der Waals surface area contributed by atoms with Crippen molar-refractivity contribution < 1.29 is 4.74 Å². The average molecular weight is 304 g/mol. The molecule has 0 atom stereocenters. The third-order valence-corrected chi connectivity index (χ3v) is 4.16. The fourth-order valence-electron chi connectivity index (χ4n) is 3.05. The van der Waals surface area contributed by atoms with Crippen molar-refractivity contribution in [3.8, 4) is 17.1 Å². The molecule has 23 heavy (non-hydrogen) atoms. The molecule has 0 saturated carbocycles. The number of fused-ring (bicyclic) bond motifs is 2. The Labute approximate surface area is 133 Å². The molecule has 4 aromatic rings. The third-order valence-electron chi connectivity index (χ3n) is 4.16. The lowest BCUT2D eigenvalue weighted by Crippen LogP contribution is -1.91.